The van der Waals surface area contributed by atoms with Crippen molar-refractivity contribution in [2.45, 2.75) is 96.6 Å². The number of thiophene rings is 1. The number of halogens is 2. The second kappa shape index (κ2) is 23.4. The number of fused-ring (bicyclic) bond motifs is 1. The molecule has 1 aliphatic carbocycles. The number of anilines is 1. The summed E-state index contributed by atoms with van der Waals surface area (Å²) in [5.41, 5.74) is 7.46. The lowest BCUT2D eigenvalue weighted by molar-refractivity contribution is -0.137. The predicted molar refractivity (Wildman–Crippen MR) is 290 cm³/mol. The van der Waals surface area contributed by atoms with Gasteiger partial charge in [-0.2, -0.15) is 0 Å². The highest BCUT2D eigenvalue weighted by atomic mass is 35.5. The zero-order chi connectivity index (χ0) is 51.3. The smallest absolute Gasteiger partial charge is 0.253 e. The van der Waals surface area contributed by atoms with Gasteiger partial charge in [0, 0.05) is 101 Å². The molecule has 4 aliphatic rings. The molecule has 0 saturated carbocycles. The zero-order valence-electron chi connectivity index (χ0n) is 42.6. The van der Waals surface area contributed by atoms with Gasteiger partial charge >= 0.3 is 0 Å². The Bertz CT molecular complexity index is 2890. The number of nitrogens with one attached hydrogen (secondary N) is 2. The van der Waals surface area contributed by atoms with E-state index in [2.05, 4.69) is 71.1 Å². The second-order valence-electron chi connectivity index (χ2n) is 20.6. The van der Waals surface area contributed by atoms with Gasteiger partial charge in [0.25, 0.3) is 5.91 Å². The summed E-state index contributed by atoms with van der Waals surface area (Å²) < 4.78 is 12.2. The van der Waals surface area contributed by atoms with Crippen molar-refractivity contribution in [2.75, 3.05) is 65.9 Å². The van der Waals surface area contributed by atoms with Gasteiger partial charge in [-0.25, -0.2) is 9.97 Å². The van der Waals surface area contributed by atoms with Crippen LogP contribution in [-0.4, -0.2) is 109 Å². The largest absolute Gasteiger partial charge is 0.496 e. The summed E-state index contributed by atoms with van der Waals surface area (Å²) >= 11 is 14.9. The highest BCUT2D eigenvalue weighted by Crippen LogP contribution is 2.41. The summed E-state index contributed by atoms with van der Waals surface area (Å²) in [7, 11) is 5.83. The Morgan fingerprint density at radius 1 is 0.918 bits per heavy atom. The van der Waals surface area contributed by atoms with Crippen LogP contribution in [0.4, 0.5) is 5.82 Å². The van der Waals surface area contributed by atoms with Gasteiger partial charge in [-0.3, -0.25) is 24.5 Å². The number of hydrogen-bond acceptors (Lipinski definition) is 11. The molecule has 73 heavy (non-hydrogen) atoms. The number of allylic oxidation sites excluding steroid dienone is 2. The molecule has 3 aliphatic heterocycles. The van der Waals surface area contributed by atoms with Gasteiger partial charge in [0.1, 0.15) is 17.4 Å². The highest BCUT2D eigenvalue weighted by Gasteiger charge is 2.33. The van der Waals surface area contributed by atoms with Crippen molar-refractivity contribution >= 4 is 80.5 Å². The van der Waals surface area contributed by atoms with Crippen LogP contribution in [0.5, 0.6) is 5.75 Å². The van der Waals surface area contributed by atoms with Gasteiger partial charge in [-0.1, -0.05) is 41.4 Å². The van der Waals surface area contributed by atoms with Gasteiger partial charge in [-0.15, -0.1) is 11.3 Å². The standard InChI is InChI=1S/C57H67Cl2N7O6S/c1-34(51-28-42(33-73-51)53-41(31-64(3)4)7-6-8-48(53)59)60-54-46-29-44(50(71-5)30-49(46)61-35(2)62-54)38-9-11-39(12-10-38)56(69)65-22-17-36(18-23-65)21-26-72-32-37-19-24-66(25-20-37)57(70)40-13-15-47(58)45(27-40)43-14-16-52(67)63-55(43)68/h6-9,13,15,27-30,33-34,36-37,39,43H,10-12,14,16-26,31-32H2,1-5H3,(H,60,61,62)(H,63,67,68). The third-order valence-electron chi connectivity index (χ3n) is 15.2. The van der Waals surface area contributed by atoms with E-state index in [1.165, 1.54) is 16.0 Å². The molecule has 386 valence electrons. The quantitative estimate of drug-likeness (QED) is 0.0723. The van der Waals surface area contributed by atoms with Crippen LogP contribution in [0.2, 0.25) is 10.0 Å². The molecule has 5 aromatic rings. The first-order chi connectivity index (χ1) is 35.2. The number of rotatable bonds is 16. The van der Waals surface area contributed by atoms with Crippen LogP contribution >= 0.6 is 34.5 Å². The topological polar surface area (TPSA) is 146 Å². The maximum absolute atomic E-state index is 13.9. The fourth-order valence-electron chi connectivity index (χ4n) is 11.1. The monoisotopic (exact) mass is 1050 g/mol. The van der Waals surface area contributed by atoms with Crippen LogP contribution in [0.3, 0.4) is 0 Å². The van der Waals surface area contributed by atoms with Crippen molar-refractivity contribution in [3.8, 4) is 16.9 Å². The number of carbonyl (C=O) groups excluding carboxylic acids is 4. The second-order valence-corrected chi connectivity index (χ2v) is 22.4. The highest BCUT2D eigenvalue weighted by molar-refractivity contribution is 7.10. The molecule has 9 rings (SSSR count). The molecule has 16 heteroatoms. The summed E-state index contributed by atoms with van der Waals surface area (Å²) in [6.07, 6.45) is 9.78. The fraction of sp³-hybridized carbons (Fsp3) is 0.474. The van der Waals surface area contributed by atoms with Crippen molar-refractivity contribution in [3.05, 3.63) is 109 Å². The molecule has 2 N–H and O–H groups in total. The number of hydrogen-bond donors (Lipinski definition) is 2. The average Bonchev–Trinajstić information content (AvgIpc) is 3.88. The molecule has 3 saturated heterocycles. The summed E-state index contributed by atoms with van der Waals surface area (Å²) in [6.45, 7) is 9.08. The van der Waals surface area contributed by atoms with Gasteiger partial charge in [0.2, 0.25) is 17.7 Å². The lowest BCUT2D eigenvalue weighted by Crippen LogP contribution is -2.42. The first kappa shape index (κ1) is 52.5. The van der Waals surface area contributed by atoms with E-state index in [1.807, 2.05) is 30.0 Å². The van der Waals surface area contributed by atoms with E-state index < -0.39 is 5.92 Å². The zero-order valence-corrected chi connectivity index (χ0v) is 44.9. The lowest BCUT2D eigenvalue weighted by Gasteiger charge is -2.35. The number of methoxy groups -OCH3 is 1. The van der Waals surface area contributed by atoms with Crippen LogP contribution in [0, 0.1) is 24.7 Å². The number of likely N-dealkylation sites (tertiary alicyclic amines) is 2. The molecule has 3 atom stereocenters. The van der Waals surface area contributed by atoms with Crippen LogP contribution in [-0.2, 0) is 25.7 Å². The van der Waals surface area contributed by atoms with Crippen molar-refractivity contribution in [2.24, 2.45) is 17.8 Å². The Hall–Kier alpha value is -5.38. The van der Waals surface area contributed by atoms with Crippen LogP contribution in [0.1, 0.15) is 121 Å². The molecule has 3 unspecified atom stereocenters. The molecule has 2 aromatic heterocycles. The SMILES string of the molecule is COc1cc2nc(C)nc(NC(C)c3cc(-c4c(Cl)cccc4CN(C)C)cs3)c2cc1C1=CCC(C(=O)N2CCC(CCOCC3CCN(C(=O)c4ccc(Cl)c(C5CCC(=O)NC5=O)c4)CC3)CC2)CC1. The average molecular weight is 1050 g/mol. The molecular weight excluding hydrogens is 982 g/mol. The van der Waals surface area contributed by atoms with E-state index in [9.17, 15) is 19.2 Å². The lowest BCUT2D eigenvalue weighted by atomic mass is 9.84. The number of benzene rings is 3. The molecule has 0 spiro atoms. The van der Waals surface area contributed by atoms with Gasteiger partial charge in [-0.05, 0) is 162 Å². The van der Waals surface area contributed by atoms with E-state index in [0.717, 1.165) is 109 Å². The summed E-state index contributed by atoms with van der Waals surface area (Å²) in [5.74, 6) is 2.06. The van der Waals surface area contributed by atoms with E-state index in [4.69, 9.17) is 42.6 Å². The minimum atomic E-state index is -0.549. The summed E-state index contributed by atoms with van der Waals surface area (Å²) in [5, 5.41) is 10.4. The third kappa shape index (κ3) is 12.3. The summed E-state index contributed by atoms with van der Waals surface area (Å²) in [4.78, 5) is 68.6. The number of imide groups is 1. The van der Waals surface area contributed by atoms with E-state index >= 15 is 0 Å². The van der Waals surface area contributed by atoms with Crippen LogP contribution in [0.25, 0.3) is 27.6 Å². The van der Waals surface area contributed by atoms with Crippen LogP contribution in [0.15, 0.2) is 66.1 Å². The van der Waals surface area contributed by atoms with Gasteiger partial charge in [0.15, 0.2) is 0 Å². The Morgan fingerprint density at radius 2 is 1.68 bits per heavy atom. The summed E-state index contributed by atoms with van der Waals surface area (Å²) in [6, 6.07) is 17.6. The number of aromatic nitrogens is 2. The number of piperidine rings is 3. The van der Waals surface area contributed by atoms with Crippen molar-refractivity contribution < 1.29 is 28.7 Å². The Balaban J connectivity index is 0.734. The van der Waals surface area contributed by atoms with Gasteiger partial charge < -0.3 is 29.5 Å². The maximum atomic E-state index is 13.9. The molecule has 13 nitrogen and oxygen atoms in total. The number of aryl methyl sites for hydroxylation is 1. The molecule has 3 fully saturated rings. The molecule has 3 aromatic carbocycles. The first-order valence-corrected chi connectivity index (χ1v) is 27.5. The fourth-order valence-corrected chi connectivity index (χ4v) is 12.5. The normalized spacial score (nSPS) is 19.5. The van der Waals surface area contributed by atoms with E-state index in [-0.39, 0.29) is 42.0 Å². The molecule has 0 radical (unpaired) electrons. The van der Waals surface area contributed by atoms with E-state index in [1.54, 1.807) is 36.6 Å². The van der Waals surface area contributed by atoms with Crippen molar-refractivity contribution in [1.82, 2.24) is 30.0 Å². The van der Waals surface area contributed by atoms with Crippen LogP contribution < -0.4 is 15.4 Å². The number of carbonyl (C=O) groups is 4. The Morgan fingerprint density at radius 3 is 2.41 bits per heavy atom. The minimum Gasteiger partial charge on any atom is -0.496 e. The number of amides is 4. The van der Waals surface area contributed by atoms with E-state index in [0.29, 0.717) is 73.0 Å². The molecule has 5 heterocycles. The first-order valence-electron chi connectivity index (χ1n) is 25.8. The van der Waals surface area contributed by atoms with Gasteiger partial charge in [0.05, 0.1) is 24.6 Å². The van der Waals surface area contributed by atoms with Crippen molar-refractivity contribution in [3.63, 3.8) is 0 Å². The minimum absolute atomic E-state index is 0.0307. The predicted octanol–water partition coefficient (Wildman–Crippen LogP) is 11.1. The van der Waals surface area contributed by atoms with Crippen molar-refractivity contribution in [1.29, 1.82) is 0 Å². The molecular formula is C57H67Cl2N7O6S. The Labute approximate surface area is 443 Å². The maximum Gasteiger partial charge on any atom is 0.253 e. The number of nitrogens with zero attached hydrogens (tertiary/aromatic N) is 5. The molecule has 0 bridgehead atoms. The third-order valence-corrected chi connectivity index (χ3v) is 17.0. The number of ether oxygens (including phenoxy) is 2. The Kier molecular flexibility index (Phi) is 16.9. The molecule has 4 amide bonds.